The summed E-state index contributed by atoms with van der Waals surface area (Å²) in [6.45, 7) is -0.0240. The Kier molecular flexibility index (Phi) is 6.34. The number of hydrogen-bond acceptors (Lipinski definition) is 9. The number of nitrogens with one attached hydrogen (secondary N) is 1. The number of hydroxylamine groups is 2. The van der Waals surface area contributed by atoms with E-state index in [-0.39, 0.29) is 30.0 Å². The fourth-order valence-corrected chi connectivity index (χ4v) is 5.47. The van der Waals surface area contributed by atoms with Crippen molar-refractivity contribution in [3.63, 3.8) is 0 Å². The van der Waals surface area contributed by atoms with Gasteiger partial charge in [-0.25, -0.2) is 9.79 Å². The predicted octanol–water partition coefficient (Wildman–Crippen LogP) is 3.82. The van der Waals surface area contributed by atoms with Gasteiger partial charge in [-0.05, 0) is 29.8 Å². The number of aromatic nitrogens is 3. The number of carbonyl (C=O) groups excluding carboxylic acids is 2. The predicted molar refractivity (Wildman–Crippen MR) is 145 cm³/mol. The van der Waals surface area contributed by atoms with Crippen LogP contribution in [0.1, 0.15) is 20.7 Å². The number of nitro benzene ring substituents is 1. The molecule has 1 aliphatic rings. The highest BCUT2D eigenvalue weighted by Gasteiger charge is 2.36. The molecule has 0 spiro atoms. The zero-order valence-corrected chi connectivity index (χ0v) is 21.3. The summed E-state index contributed by atoms with van der Waals surface area (Å²) < 4.78 is 2.30. The van der Waals surface area contributed by atoms with Crippen molar-refractivity contribution >= 4 is 44.9 Å². The number of H-pyrrole nitrogens is 1. The van der Waals surface area contributed by atoms with E-state index in [1.165, 1.54) is 35.6 Å². The van der Waals surface area contributed by atoms with E-state index in [0.29, 0.717) is 26.5 Å². The Labute approximate surface area is 228 Å². The van der Waals surface area contributed by atoms with Gasteiger partial charge in [0.2, 0.25) is 0 Å². The van der Waals surface area contributed by atoms with Gasteiger partial charge in [0.05, 0.1) is 45.3 Å². The lowest BCUT2D eigenvalue weighted by molar-refractivity contribution is -0.384. The van der Waals surface area contributed by atoms with Gasteiger partial charge in [0.1, 0.15) is 0 Å². The summed E-state index contributed by atoms with van der Waals surface area (Å²) in [5, 5.41) is 11.8. The SMILES string of the molecule is O=C1c2ccccc2C(=O)N1OCCn1c(=Nc2ccc([N+](=O)[O-])cc2)sc2c(-c3ccccc3)[nH]c(=O)nc21. The van der Waals surface area contributed by atoms with E-state index in [1.54, 1.807) is 28.8 Å². The molecule has 2 aromatic heterocycles. The average Bonchev–Trinajstić information content (AvgIpc) is 3.43. The Bertz CT molecular complexity index is 1890. The minimum atomic E-state index is -0.568. The molecule has 3 heterocycles. The highest BCUT2D eigenvalue weighted by atomic mass is 32.1. The number of amides is 2. The van der Waals surface area contributed by atoms with E-state index < -0.39 is 22.4 Å². The van der Waals surface area contributed by atoms with Crippen LogP contribution in [0, 0.1) is 10.1 Å². The molecule has 0 unspecified atom stereocenters. The monoisotopic (exact) mass is 554 g/mol. The Morgan fingerprint density at radius 3 is 2.23 bits per heavy atom. The second-order valence-corrected chi connectivity index (χ2v) is 9.62. The lowest BCUT2D eigenvalue weighted by atomic mass is 10.1. The zero-order valence-electron chi connectivity index (χ0n) is 20.5. The van der Waals surface area contributed by atoms with Crippen LogP contribution in [0.25, 0.3) is 21.6 Å². The van der Waals surface area contributed by atoms with Crippen molar-refractivity contribution in [2.45, 2.75) is 6.54 Å². The van der Waals surface area contributed by atoms with Gasteiger partial charge in [-0.3, -0.25) is 29.1 Å². The first-order valence-corrected chi connectivity index (χ1v) is 12.8. The first-order valence-electron chi connectivity index (χ1n) is 12.0. The van der Waals surface area contributed by atoms with E-state index in [4.69, 9.17) is 4.84 Å². The van der Waals surface area contributed by atoms with E-state index >= 15 is 0 Å². The van der Waals surface area contributed by atoms with Crippen LogP contribution < -0.4 is 10.5 Å². The second kappa shape index (κ2) is 10.1. The first kappa shape index (κ1) is 25.0. The van der Waals surface area contributed by atoms with E-state index in [0.717, 1.165) is 10.6 Å². The number of nitro groups is 1. The summed E-state index contributed by atoms with van der Waals surface area (Å²) in [7, 11) is 0. The maximum Gasteiger partial charge on any atom is 0.347 e. The highest BCUT2D eigenvalue weighted by Crippen LogP contribution is 2.28. The molecule has 12 nitrogen and oxygen atoms in total. The molecule has 1 aliphatic heterocycles. The van der Waals surface area contributed by atoms with Crippen molar-refractivity contribution in [1.29, 1.82) is 0 Å². The number of benzene rings is 3. The summed E-state index contributed by atoms with van der Waals surface area (Å²) in [4.78, 5) is 66.2. The van der Waals surface area contributed by atoms with Crippen molar-refractivity contribution in [1.82, 2.24) is 19.6 Å². The van der Waals surface area contributed by atoms with Crippen LogP contribution in [-0.4, -0.2) is 42.9 Å². The molecule has 0 aliphatic carbocycles. The number of aromatic amines is 1. The molecular weight excluding hydrogens is 536 g/mol. The van der Waals surface area contributed by atoms with Gasteiger partial charge in [0.15, 0.2) is 10.4 Å². The van der Waals surface area contributed by atoms with Crippen molar-refractivity contribution in [3.05, 3.63) is 115 Å². The normalized spacial score (nSPS) is 13.3. The number of carbonyl (C=O) groups is 2. The Morgan fingerprint density at radius 2 is 1.57 bits per heavy atom. The van der Waals surface area contributed by atoms with Gasteiger partial charge in [-0.2, -0.15) is 4.98 Å². The topological polar surface area (TPSA) is 153 Å². The number of rotatable bonds is 7. The van der Waals surface area contributed by atoms with Crippen LogP contribution in [0.2, 0.25) is 0 Å². The third-order valence-corrected chi connectivity index (χ3v) is 7.27. The molecule has 0 radical (unpaired) electrons. The number of non-ortho nitro benzene ring substituents is 1. The van der Waals surface area contributed by atoms with Crippen molar-refractivity contribution in [2.24, 2.45) is 4.99 Å². The van der Waals surface area contributed by atoms with Gasteiger partial charge in [0, 0.05) is 12.1 Å². The van der Waals surface area contributed by atoms with E-state index in [9.17, 15) is 24.5 Å². The third kappa shape index (κ3) is 4.48. The summed E-state index contributed by atoms with van der Waals surface area (Å²) in [5.74, 6) is -1.12. The van der Waals surface area contributed by atoms with Gasteiger partial charge in [-0.15, -0.1) is 5.06 Å². The van der Waals surface area contributed by atoms with Gasteiger partial charge in [0.25, 0.3) is 17.5 Å². The summed E-state index contributed by atoms with van der Waals surface area (Å²) in [5.41, 5.74) is 1.98. The van der Waals surface area contributed by atoms with Crippen LogP contribution >= 0.6 is 11.3 Å². The smallest absolute Gasteiger partial charge is 0.304 e. The molecule has 0 atom stereocenters. The van der Waals surface area contributed by atoms with Crippen molar-refractivity contribution in [2.75, 3.05) is 6.61 Å². The molecule has 5 aromatic rings. The second-order valence-electron chi connectivity index (χ2n) is 8.64. The molecule has 2 amide bonds. The van der Waals surface area contributed by atoms with Crippen LogP contribution in [0.3, 0.4) is 0 Å². The number of fused-ring (bicyclic) bond motifs is 2. The number of imide groups is 1. The maximum absolute atomic E-state index is 12.7. The number of thiazole rings is 1. The summed E-state index contributed by atoms with van der Waals surface area (Å²) in [6.07, 6.45) is 0. The van der Waals surface area contributed by atoms with Gasteiger partial charge < -0.3 is 4.98 Å². The standard InChI is InChI=1S/C27H18N6O6S/c34-24-19-8-4-5-9-20(19)25(35)32(24)39-15-14-31-23-22(21(29-26(36)30-23)16-6-2-1-3-7-16)40-27(31)28-17-10-12-18(13-11-17)33(37)38/h1-13H,14-15H2,(H,29,30,36). The Morgan fingerprint density at radius 1 is 0.925 bits per heavy atom. The Balaban J connectivity index is 1.40. The van der Waals surface area contributed by atoms with Crippen LogP contribution in [0.4, 0.5) is 11.4 Å². The quantitative estimate of drug-likeness (QED) is 0.182. The van der Waals surface area contributed by atoms with Gasteiger partial charge >= 0.3 is 5.69 Å². The molecule has 13 heteroatoms. The molecule has 0 fully saturated rings. The molecule has 6 rings (SSSR count). The van der Waals surface area contributed by atoms with E-state index in [1.807, 2.05) is 30.3 Å². The Hall–Kier alpha value is -5.27. The molecule has 40 heavy (non-hydrogen) atoms. The summed E-state index contributed by atoms with van der Waals surface area (Å²) in [6, 6.07) is 21.4. The number of hydrogen-bond donors (Lipinski definition) is 1. The third-order valence-electron chi connectivity index (χ3n) is 6.19. The summed E-state index contributed by atoms with van der Waals surface area (Å²) >= 11 is 1.26. The number of nitrogens with zero attached hydrogens (tertiary/aromatic N) is 5. The maximum atomic E-state index is 12.7. The molecular formula is C27H18N6O6S. The first-order chi connectivity index (χ1) is 19.4. The van der Waals surface area contributed by atoms with E-state index in [2.05, 4.69) is 15.0 Å². The lowest BCUT2D eigenvalue weighted by Gasteiger charge is -2.14. The molecule has 0 saturated heterocycles. The molecule has 198 valence electrons. The highest BCUT2D eigenvalue weighted by molar-refractivity contribution is 7.16. The molecule has 0 saturated carbocycles. The van der Waals surface area contributed by atoms with Crippen molar-refractivity contribution in [3.8, 4) is 11.3 Å². The largest absolute Gasteiger partial charge is 0.347 e. The minimum Gasteiger partial charge on any atom is -0.304 e. The van der Waals surface area contributed by atoms with Crippen LogP contribution in [0.15, 0.2) is 88.6 Å². The molecule has 3 aromatic carbocycles. The molecule has 0 bridgehead atoms. The average molecular weight is 555 g/mol. The van der Waals surface area contributed by atoms with Crippen LogP contribution in [0.5, 0.6) is 0 Å². The zero-order chi connectivity index (χ0) is 27.8. The lowest BCUT2D eigenvalue weighted by Crippen LogP contribution is -2.32. The van der Waals surface area contributed by atoms with Crippen molar-refractivity contribution < 1.29 is 19.3 Å². The van der Waals surface area contributed by atoms with Crippen LogP contribution in [-0.2, 0) is 11.4 Å². The fraction of sp³-hybridized carbons (Fsp3) is 0.0741. The minimum absolute atomic E-state index is 0.0730. The fourth-order valence-electron chi connectivity index (χ4n) is 4.33. The molecule has 1 N–H and O–H groups in total. The van der Waals surface area contributed by atoms with Gasteiger partial charge in [-0.1, -0.05) is 53.8 Å².